The normalized spacial score (nSPS) is 10.0. The van der Waals surface area contributed by atoms with Crippen LogP contribution in [0.3, 0.4) is 0 Å². The van der Waals surface area contributed by atoms with Crippen molar-refractivity contribution in [1.29, 1.82) is 0 Å². The van der Waals surface area contributed by atoms with Crippen LogP contribution in [0.2, 0.25) is 0 Å². The maximum absolute atomic E-state index is 10.7. The molecule has 0 aliphatic rings. The van der Waals surface area contributed by atoms with Crippen molar-refractivity contribution in [3.63, 3.8) is 0 Å². The lowest BCUT2D eigenvalue weighted by Gasteiger charge is -2.08. The third-order valence-electron chi connectivity index (χ3n) is 1.22. The number of amides is 1. The van der Waals surface area contributed by atoms with Crippen LogP contribution in [-0.2, 0) is 4.74 Å². The highest BCUT2D eigenvalue weighted by Crippen LogP contribution is 1.76. The van der Waals surface area contributed by atoms with Crippen molar-refractivity contribution in [3.05, 3.63) is 0 Å². The quantitative estimate of drug-likeness (QED) is 0.604. The zero-order valence-corrected chi connectivity index (χ0v) is 8.02. The molecule has 0 aromatic carbocycles. The van der Waals surface area contributed by atoms with Gasteiger partial charge in [-0.3, -0.25) is 0 Å². The van der Waals surface area contributed by atoms with Gasteiger partial charge >= 0.3 is 6.09 Å². The molecule has 0 heterocycles. The SMILES string of the molecule is CCOC(=O)NCCNC(C)C. The molecule has 0 spiro atoms. The summed E-state index contributed by atoms with van der Waals surface area (Å²) in [5, 5.41) is 5.79. The highest BCUT2D eigenvalue weighted by molar-refractivity contribution is 5.66. The zero-order chi connectivity index (χ0) is 9.40. The monoisotopic (exact) mass is 174 g/mol. The van der Waals surface area contributed by atoms with Gasteiger partial charge in [-0.05, 0) is 6.92 Å². The topological polar surface area (TPSA) is 50.4 Å². The minimum atomic E-state index is -0.344. The summed E-state index contributed by atoms with van der Waals surface area (Å²) in [7, 11) is 0. The molecule has 0 bridgehead atoms. The molecule has 0 saturated carbocycles. The number of alkyl carbamates (subject to hydrolysis) is 1. The van der Waals surface area contributed by atoms with Crippen LogP contribution in [0.15, 0.2) is 0 Å². The van der Waals surface area contributed by atoms with E-state index in [1.165, 1.54) is 0 Å². The van der Waals surface area contributed by atoms with Gasteiger partial charge in [-0.25, -0.2) is 4.79 Å². The van der Waals surface area contributed by atoms with Gasteiger partial charge in [-0.2, -0.15) is 0 Å². The second kappa shape index (κ2) is 6.91. The molecule has 72 valence electrons. The van der Waals surface area contributed by atoms with Crippen LogP contribution in [0.1, 0.15) is 20.8 Å². The van der Waals surface area contributed by atoms with Gasteiger partial charge in [0.15, 0.2) is 0 Å². The Hall–Kier alpha value is -0.770. The van der Waals surface area contributed by atoms with Gasteiger partial charge in [0.1, 0.15) is 0 Å². The van der Waals surface area contributed by atoms with Gasteiger partial charge in [0.05, 0.1) is 6.61 Å². The molecular weight excluding hydrogens is 156 g/mol. The Morgan fingerprint density at radius 2 is 2.08 bits per heavy atom. The van der Waals surface area contributed by atoms with Gasteiger partial charge in [0, 0.05) is 19.1 Å². The predicted octanol–water partition coefficient (Wildman–Crippen LogP) is 0.730. The van der Waals surface area contributed by atoms with E-state index >= 15 is 0 Å². The molecule has 4 heteroatoms. The minimum Gasteiger partial charge on any atom is -0.450 e. The Morgan fingerprint density at radius 1 is 1.42 bits per heavy atom. The van der Waals surface area contributed by atoms with Crippen molar-refractivity contribution in [1.82, 2.24) is 10.6 Å². The summed E-state index contributed by atoms with van der Waals surface area (Å²) >= 11 is 0. The molecule has 0 saturated heterocycles. The molecule has 0 rings (SSSR count). The number of rotatable bonds is 5. The zero-order valence-electron chi connectivity index (χ0n) is 8.02. The third-order valence-corrected chi connectivity index (χ3v) is 1.22. The molecule has 4 nitrogen and oxygen atoms in total. The highest BCUT2D eigenvalue weighted by Gasteiger charge is 1.97. The lowest BCUT2D eigenvalue weighted by atomic mass is 10.4. The van der Waals surface area contributed by atoms with E-state index in [1.54, 1.807) is 6.92 Å². The molecule has 0 aliphatic heterocycles. The van der Waals surface area contributed by atoms with Gasteiger partial charge < -0.3 is 15.4 Å². The molecule has 0 fully saturated rings. The van der Waals surface area contributed by atoms with Gasteiger partial charge in [-0.15, -0.1) is 0 Å². The Morgan fingerprint density at radius 3 is 2.58 bits per heavy atom. The van der Waals surface area contributed by atoms with E-state index < -0.39 is 0 Å². The molecular formula is C8H18N2O2. The van der Waals surface area contributed by atoms with Crippen molar-refractivity contribution in [2.45, 2.75) is 26.8 Å². The average Bonchev–Trinajstić information content (AvgIpc) is 1.98. The van der Waals surface area contributed by atoms with E-state index in [0.29, 0.717) is 19.2 Å². The Labute approximate surface area is 73.7 Å². The van der Waals surface area contributed by atoms with Crippen LogP contribution in [0.25, 0.3) is 0 Å². The van der Waals surface area contributed by atoms with Gasteiger partial charge in [0.2, 0.25) is 0 Å². The van der Waals surface area contributed by atoms with Gasteiger partial charge in [0.25, 0.3) is 0 Å². The Bertz CT molecular complexity index is 126. The lowest BCUT2D eigenvalue weighted by molar-refractivity contribution is 0.152. The summed E-state index contributed by atoms with van der Waals surface area (Å²) in [5.74, 6) is 0. The second-order valence-corrected chi connectivity index (χ2v) is 2.76. The fourth-order valence-electron chi connectivity index (χ4n) is 0.708. The fraction of sp³-hybridized carbons (Fsp3) is 0.875. The smallest absolute Gasteiger partial charge is 0.407 e. The van der Waals surface area contributed by atoms with Crippen LogP contribution in [0.4, 0.5) is 4.79 Å². The summed E-state index contributed by atoms with van der Waals surface area (Å²) in [6.07, 6.45) is -0.344. The first-order valence-electron chi connectivity index (χ1n) is 4.30. The number of hydrogen-bond donors (Lipinski definition) is 2. The van der Waals surface area contributed by atoms with E-state index in [1.807, 2.05) is 0 Å². The number of nitrogens with one attached hydrogen (secondary N) is 2. The van der Waals surface area contributed by atoms with Crippen LogP contribution in [0.5, 0.6) is 0 Å². The molecule has 0 aromatic rings. The van der Waals surface area contributed by atoms with Crippen molar-refractivity contribution in [3.8, 4) is 0 Å². The maximum atomic E-state index is 10.7. The first kappa shape index (κ1) is 11.2. The summed E-state index contributed by atoms with van der Waals surface area (Å²) in [6, 6.07) is 0.453. The Kier molecular flexibility index (Phi) is 6.47. The standard InChI is InChI=1S/C8H18N2O2/c1-4-12-8(11)10-6-5-9-7(2)3/h7,9H,4-6H2,1-3H3,(H,10,11). The van der Waals surface area contributed by atoms with Crippen molar-refractivity contribution in [2.75, 3.05) is 19.7 Å². The molecule has 0 atom stereocenters. The summed E-state index contributed by atoms with van der Waals surface area (Å²) in [4.78, 5) is 10.7. The van der Waals surface area contributed by atoms with E-state index in [-0.39, 0.29) is 6.09 Å². The van der Waals surface area contributed by atoms with Crippen LogP contribution < -0.4 is 10.6 Å². The Balaban J connectivity index is 3.14. The fourth-order valence-corrected chi connectivity index (χ4v) is 0.708. The molecule has 0 aromatic heterocycles. The van der Waals surface area contributed by atoms with E-state index in [4.69, 9.17) is 0 Å². The van der Waals surface area contributed by atoms with Gasteiger partial charge in [-0.1, -0.05) is 13.8 Å². The average molecular weight is 174 g/mol. The molecule has 1 amide bonds. The first-order chi connectivity index (χ1) is 5.66. The summed E-state index contributed by atoms with van der Waals surface area (Å²) in [5.41, 5.74) is 0. The van der Waals surface area contributed by atoms with Crippen molar-refractivity contribution in [2.24, 2.45) is 0 Å². The predicted molar refractivity (Wildman–Crippen MR) is 48.2 cm³/mol. The molecule has 0 radical (unpaired) electrons. The van der Waals surface area contributed by atoms with E-state index in [0.717, 1.165) is 6.54 Å². The third kappa shape index (κ3) is 7.34. The molecule has 0 unspecified atom stereocenters. The highest BCUT2D eigenvalue weighted by atomic mass is 16.5. The molecule has 2 N–H and O–H groups in total. The maximum Gasteiger partial charge on any atom is 0.407 e. The number of hydrogen-bond acceptors (Lipinski definition) is 3. The van der Waals surface area contributed by atoms with Crippen LogP contribution in [0, 0.1) is 0 Å². The molecule has 0 aliphatic carbocycles. The number of carbonyl (C=O) groups excluding carboxylic acids is 1. The summed E-state index contributed by atoms with van der Waals surface area (Å²) in [6.45, 7) is 7.71. The van der Waals surface area contributed by atoms with Crippen LogP contribution >= 0.6 is 0 Å². The summed E-state index contributed by atoms with van der Waals surface area (Å²) < 4.78 is 4.67. The second-order valence-electron chi connectivity index (χ2n) is 2.76. The minimum absolute atomic E-state index is 0.344. The number of ether oxygens (including phenoxy) is 1. The first-order valence-corrected chi connectivity index (χ1v) is 4.30. The number of carbonyl (C=O) groups is 1. The van der Waals surface area contributed by atoms with Crippen molar-refractivity contribution < 1.29 is 9.53 Å². The lowest BCUT2D eigenvalue weighted by Crippen LogP contribution is -2.34. The molecule has 12 heavy (non-hydrogen) atoms. The van der Waals surface area contributed by atoms with Crippen LogP contribution in [-0.4, -0.2) is 31.8 Å². The van der Waals surface area contributed by atoms with E-state index in [9.17, 15) is 4.79 Å². The van der Waals surface area contributed by atoms with Crippen molar-refractivity contribution >= 4 is 6.09 Å². The largest absolute Gasteiger partial charge is 0.450 e. The van der Waals surface area contributed by atoms with E-state index in [2.05, 4.69) is 29.2 Å².